The topological polar surface area (TPSA) is 26.0 Å². The van der Waals surface area contributed by atoms with Crippen molar-refractivity contribution in [3.63, 3.8) is 0 Å². The highest BCUT2D eigenvalue weighted by atomic mass is 35.5. The Labute approximate surface area is 108 Å². The normalized spacial score (nSPS) is 13.8. The van der Waals surface area contributed by atoms with Crippen molar-refractivity contribution in [2.24, 2.45) is 5.73 Å². The van der Waals surface area contributed by atoms with E-state index in [2.05, 4.69) is 0 Å². The zero-order chi connectivity index (χ0) is 13.1. The molecule has 0 aromatic heterocycles. The monoisotopic (exact) mass is 285 g/mol. The van der Waals surface area contributed by atoms with Crippen LogP contribution in [-0.4, -0.2) is 6.18 Å². The summed E-state index contributed by atoms with van der Waals surface area (Å²) in [6, 6.07) is 4.25. The van der Waals surface area contributed by atoms with Crippen LogP contribution in [0.5, 0.6) is 0 Å². The third-order valence-electron chi connectivity index (χ3n) is 2.33. The van der Waals surface area contributed by atoms with Gasteiger partial charge in [0, 0.05) is 22.5 Å². The minimum atomic E-state index is -4.14. The van der Waals surface area contributed by atoms with Crippen LogP contribution in [0.25, 0.3) is 0 Å². The molecule has 6 heteroatoms. The van der Waals surface area contributed by atoms with Gasteiger partial charge < -0.3 is 5.73 Å². The minimum Gasteiger partial charge on any atom is -0.324 e. The Morgan fingerprint density at radius 3 is 2.47 bits per heavy atom. The molecule has 1 aromatic rings. The zero-order valence-electron chi connectivity index (χ0n) is 8.90. The second kappa shape index (κ2) is 5.94. The van der Waals surface area contributed by atoms with Crippen LogP contribution in [0.1, 0.15) is 30.9 Å². The standard InChI is InChI=1S/C11H12Cl2F3N/c12-7-3-4-9(13)8(6-7)10(17)2-1-5-11(14,15)16/h3-4,6,10H,1-2,5,17H2. The molecule has 0 bridgehead atoms. The Bertz CT molecular complexity index is 379. The second-order valence-corrected chi connectivity index (χ2v) is 4.62. The number of benzene rings is 1. The first kappa shape index (κ1) is 14.6. The minimum absolute atomic E-state index is 0.0203. The lowest BCUT2D eigenvalue weighted by molar-refractivity contribution is -0.135. The van der Waals surface area contributed by atoms with Gasteiger partial charge >= 0.3 is 6.18 Å². The molecule has 1 rings (SSSR count). The SMILES string of the molecule is NC(CCCC(F)(F)F)c1cc(Cl)ccc1Cl. The smallest absolute Gasteiger partial charge is 0.324 e. The van der Waals surface area contributed by atoms with Gasteiger partial charge in [-0.25, -0.2) is 0 Å². The molecule has 0 saturated heterocycles. The third-order valence-corrected chi connectivity index (χ3v) is 2.91. The van der Waals surface area contributed by atoms with Crippen molar-refractivity contribution >= 4 is 23.2 Å². The summed E-state index contributed by atoms with van der Waals surface area (Å²) < 4.78 is 35.9. The zero-order valence-corrected chi connectivity index (χ0v) is 10.4. The van der Waals surface area contributed by atoms with Gasteiger partial charge in [-0.1, -0.05) is 23.2 Å². The van der Waals surface area contributed by atoms with Crippen LogP contribution in [-0.2, 0) is 0 Å². The van der Waals surface area contributed by atoms with E-state index >= 15 is 0 Å². The van der Waals surface area contributed by atoms with Gasteiger partial charge in [0.05, 0.1) is 0 Å². The first-order valence-electron chi connectivity index (χ1n) is 5.07. The molecule has 1 aromatic carbocycles. The maximum Gasteiger partial charge on any atom is 0.389 e. The molecule has 17 heavy (non-hydrogen) atoms. The predicted octanol–water partition coefficient (Wildman–Crippen LogP) is 4.73. The van der Waals surface area contributed by atoms with Gasteiger partial charge in [-0.15, -0.1) is 0 Å². The van der Waals surface area contributed by atoms with Crippen molar-refractivity contribution in [2.45, 2.75) is 31.5 Å². The van der Waals surface area contributed by atoms with E-state index in [0.717, 1.165) is 0 Å². The molecule has 0 aliphatic heterocycles. The number of alkyl halides is 3. The molecule has 0 amide bonds. The van der Waals surface area contributed by atoms with E-state index in [1.165, 1.54) is 0 Å². The van der Waals surface area contributed by atoms with Gasteiger partial charge in [0.15, 0.2) is 0 Å². The summed E-state index contributed by atoms with van der Waals surface area (Å²) in [5, 5.41) is 0.893. The van der Waals surface area contributed by atoms with Gasteiger partial charge in [0.1, 0.15) is 0 Å². The average molecular weight is 286 g/mol. The molecule has 0 fully saturated rings. The second-order valence-electron chi connectivity index (χ2n) is 3.78. The van der Waals surface area contributed by atoms with Crippen molar-refractivity contribution in [3.05, 3.63) is 33.8 Å². The molecule has 1 atom stereocenters. The Morgan fingerprint density at radius 1 is 1.24 bits per heavy atom. The van der Waals surface area contributed by atoms with Gasteiger partial charge in [-0.3, -0.25) is 0 Å². The number of halogens is 5. The molecule has 1 unspecified atom stereocenters. The van der Waals surface area contributed by atoms with Crippen LogP contribution in [0, 0.1) is 0 Å². The van der Waals surface area contributed by atoms with Crippen LogP contribution in [0.15, 0.2) is 18.2 Å². The maximum atomic E-state index is 12.0. The van der Waals surface area contributed by atoms with E-state index in [9.17, 15) is 13.2 Å². The molecule has 0 heterocycles. The lowest BCUT2D eigenvalue weighted by Gasteiger charge is -2.14. The fourth-order valence-corrected chi connectivity index (χ4v) is 1.91. The lowest BCUT2D eigenvalue weighted by Crippen LogP contribution is -2.13. The van der Waals surface area contributed by atoms with Crippen LogP contribution in [0.3, 0.4) is 0 Å². The first-order valence-corrected chi connectivity index (χ1v) is 5.82. The summed E-state index contributed by atoms with van der Waals surface area (Å²) in [5.74, 6) is 0. The number of rotatable bonds is 4. The summed E-state index contributed by atoms with van der Waals surface area (Å²) in [4.78, 5) is 0. The summed E-state index contributed by atoms with van der Waals surface area (Å²) in [6.45, 7) is 0. The maximum absolute atomic E-state index is 12.0. The molecule has 2 N–H and O–H groups in total. The van der Waals surface area contributed by atoms with Crippen LogP contribution < -0.4 is 5.73 Å². The van der Waals surface area contributed by atoms with Crippen LogP contribution in [0.4, 0.5) is 13.2 Å². The van der Waals surface area contributed by atoms with E-state index in [-0.39, 0.29) is 12.8 Å². The predicted molar refractivity (Wildman–Crippen MR) is 63.3 cm³/mol. The third kappa shape index (κ3) is 5.15. The van der Waals surface area contributed by atoms with Crippen LogP contribution >= 0.6 is 23.2 Å². The van der Waals surface area contributed by atoms with Gasteiger partial charge in [0.2, 0.25) is 0 Å². The fourth-order valence-electron chi connectivity index (χ4n) is 1.48. The molecule has 0 radical (unpaired) electrons. The largest absolute Gasteiger partial charge is 0.389 e. The van der Waals surface area contributed by atoms with Crippen molar-refractivity contribution < 1.29 is 13.2 Å². The highest BCUT2D eigenvalue weighted by molar-refractivity contribution is 6.33. The van der Waals surface area contributed by atoms with Crippen molar-refractivity contribution in [2.75, 3.05) is 0 Å². The molecule has 0 aliphatic carbocycles. The van der Waals surface area contributed by atoms with Gasteiger partial charge in [-0.05, 0) is 36.6 Å². The summed E-state index contributed by atoms with van der Waals surface area (Å²) >= 11 is 11.7. The van der Waals surface area contributed by atoms with Gasteiger partial charge in [-0.2, -0.15) is 13.2 Å². The molecular formula is C11H12Cl2F3N. The molecular weight excluding hydrogens is 274 g/mol. The molecule has 1 nitrogen and oxygen atoms in total. The van der Waals surface area contributed by atoms with E-state index < -0.39 is 18.6 Å². The molecule has 0 saturated carbocycles. The van der Waals surface area contributed by atoms with Crippen molar-refractivity contribution in [1.29, 1.82) is 0 Å². The summed E-state index contributed by atoms with van der Waals surface area (Å²) in [6.07, 6.45) is -4.77. The highest BCUT2D eigenvalue weighted by Crippen LogP contribution is 2.29. The summed E-state index contributed by atoms with van der Waals surface area (Å²) in [5.41, 5.74) is 6.37. The van der Waals surface area contributed by atoms with E-state index in [1.54, 1.807) is 18.2 Å². The van der Waals surface area contributed by atoms with E-state index in [4.69, 9.17) is 28.9 Å². The Kier molecular flexibility index (Phi) is 5.10. The Hall–Kier alpha value is -0.450. The van der Waals surface area contributed by atoms with Crippen LogP contribution in [0.2, 0.25) is 10.0 Å². The highest BCUT2D eigenvalue weighted by Gasteiger charge is 2.26. The van der Waals surface area contributed by atoms with E-state index in [1.807, 2.05) is 0 Å². The first-order chi connectivity index (χ1) is 7.79. The average Bonchev–Trinajstić information content (AvgIpc) is 2.19. The fraction of sp³-hybridized carbons (Fsp3) is 0.455. The number of hydrogen-bond donors (Lipinski definition) is 1. The van der Waals surface area contributed by atoms with Crippen molar-refractivity contribution in [1.82, 2.24) is 0 Å². The number of hydrogen-bond acceptors (Lipinski definition) is 1. The van der Waals surface area contributed by atoms with Crippen molar-refractivity contribution in [3.8, 4) is 0 Å². The Morgan fingerprint density at radius 2 is 1.88 bits per heavy atom. The number of nitrogens with two attached hydrogens (primary N) is 1. The lowest BCUT2D eigenvalue weighted by atomic mass is 10.0. The molecule has 0 aliphatic rings. The molecule has 96 valence electrons. The van der Waals surface area contributed by atoms with E-state index in [0.29, 0.717) is 15.6 Å². The summed E-state index contributed by atoms with van der Waals surface area (Å²) in [7, 11) is 0. The quantitative estimate of drug-likeness (QED) is 0.851. The Balaban J connectivity index is 2.58. The van der Waals surface area contributed by atoms with Gasteiger partial charge in [0.25, 0.3) is 0 Å². The molecule has 0 spiro atoms.